The predicted octanol–water partition coefficient (Wildman–Crippen LogP) is 4.65. The molecule has 0 fully saturated rings. The van der Waals surface area contributed by atoms with Crippen LogP contribution in [0.2, 0.25) is 5.02 Å². The SMILES string of the molecule is COc1cc(OC)c(OC)cc1/C=N/NC(=O)c1sc2cc(C)ccc2c1Cl. The minimum atomic E-state index is -0.375. The van der Waals surface area contributed by atoms with Crippen molar-refractivity contribution in [2.75, 3.05) is 21.3 Å². The summed E-state index contributed by atoms with van der Waals surface area (Å²) in [6.07, 6.45) is 1.48. The topological polar surface area (TPSA) is 69.2 Å². The van der Waals surface area contributed by atoms with Gasteiger partial charge in [0.25, 0.3) is 5.91 Å². The van der Waals surface area contributed by atoms with Crippen molar-refractivity contribution in [3.05, 3.63) is 51.4 Å². The summed E-state index contributed by atoms with van der Waals surface area (Å²) >= 11 is 7.70. The summed E-state index contributed by atoms with van der Waals surface area (Å²) in [4.78, 5) is 12.9. The monoisotopic (exact) mass is 418 g/mol. The van der Waals surface area contributed by atoms with Crippen molar-refractivity contribution in [1.29, 1.82) is 0 Å². The van der Waals surface area contributed by atoms with Gasteiger partial charge in [0.1, 0.15) is 10.6 Å². The molecule has 0 saturated carbocycles. The van der Waals surface area contributed by atoms with E-state index in [0.717, 1.165) is 15.6 Å². The molecule has 28 heavy (non-hydrogen) atoms. The number of hydrogen-bond donors (Lipinski definition) is 1. The van der Waals surface area contributed by atoms with Gasteiger partial charge in [0.15, 0.2) is 11.5 Å². The van der Waals surface area contributed by atoms with Crippen molar-refractivity contribution in [3.63, 3.8) is 0 Å². The van der Waals surface area contributed by atoms with E-state index >= 15 is 0 Å². The lowest BCUT2D eigenvalue weighted by molar-refractivity contribution is 0.0959. The average Bonchev–Trinajstić information content (AvgIpc) is 3.03. The van der Waals surface area contributed by atoms with Crippen LogP contribution in [0.1, 0.15) is 20.8 Å². The summed E-state index contributed by atoms with van der Waals surface area (Å²) in [6.45, 7) is 1.99. The Labute approximate surface area is 171 Å². The second kappa shape index (κ2) is 8.50. The van der Waals surface area contributed by atoms with Crippen molar-refractivity contribution in [2.24, 2.45) is 5.10 Å². The minimum Gasteiger partial charge on any atom is -0.496 e. The van der Waals surface area contributed by atoms with Crippen LogP contribution in [0.3, 0.4) is 0 Å². The molecule has 1 amide bonds. The first-order valence-electron chi connectivity index (χ1n) is 8.30. The van der Waals surface area contributed by atoms with Crippen LogP contribution in [0.25, 0.3) is 10.1 Å². The van der Waals surface area contributed by atoms with E-state index in [4.69, 9.17) is 25.8 Å². The smallest absolute Gasteiger partial charge is 0.283 e. The first kappa shape index (κ1) is 20.0. The summed E-state index contributed by atoms with van der Waals surface area (Å²) in [5, 5.41) is 5.32. The molecule has 0 atom stereocenters. The van der Waals surface area contributed by atoms with E-state index in [9.17, 15) is 4.79 Å². The zero-order valence-corrected chi connectivity index (χ0v) is 17.4. The standard InChI is InChI=1S/C20H19ClN2O4S/c1-11-5-6-13-17(7-11)28-19(18(13)21)20(24)23-22-10-12-8-15(26-3)16(27-4)9-14(12)25-2/h5-10H,1-4H3,(H,23,24)/b22-10+. The summed E-state index contributed by atoms with van der Waals surface area (Å²) in [6, 6.07) is 9.28. The summed E-state index contributed by atoms with van der Waals surface area (Å²) in [7, 11) is 4.62. The van der Waals surface area contributed by atoms with Crippen LogP contribution in [0, 0.1) is 6.92 Å². The number of nitrogens with one attached hydrogen (secondary N) is 1. The Bertz CT molecular complexity index is 1060. The molecule has 1 N–H and O–H groups in total. The minimum absolute atomic E-state index is 0.375. The second-order valence-corrected chi connectivity index (χ2v) is 7.32. The predicted molar refractivity (Wildman–Crippen MR) is 113 cm³/mol. The van der Waals surface area contributed by atoms with Crippen molar-refractivity contribution >= 4 is 45.1 Å². The molecule has 3 aromatic rings. The molecule has 0 spiro atoms. The Morgan fingerprint density at radius 3 is 2.43 bits per heavy atom. The molecule has 1 aromatic heterocycles. The van der Waals surface area contributed by atoms with Crippen LogP contribution in [0.15, 0.2) is 35.4 Å². The number of aryl methyl sites for hydroxylation is 1. The van der Waals surface area contributed by atoms with Crippen LogP contribution in [0.4, 0.5) is 0 Å². The fraction of sp³-hybridized carbons (Fsp3) is 0.200. The van der Waals surface area contributed by atoms with E-state index < -0.39 is 0 Å². The Hall–Kier alpha value is -2.77. The zero-order chi connectivity index (χ0) is 20.3. The quantitative estimate of drug-likeness (QED) is 0.467. The fourth-order valence-corrected chi connectivity index (χ4v) is 4.19. The number of rotatable bonds is 6. The Morgan fingerprint density at radius 2 is 1.75 bits per heavy atom. The zero-order valence-electron chi connectivity index (χ0n) is 15.8. The van der Waals surface area contributed by atoms with Crippen molar-refractivity contribution in [2.45, 2.75) is 6.92 Å². The van der Waals surface area contributed by atoms with Gasteiger partial charge in [-0.05, 0) is 24.6 Å². The molecular weight excluding hydrogens is 400 g/mol. The van der Waals surface area contributed by atoms with Gasteiger partial charge in [-0.15, -0.1) is 11.3 Å². The first-order chi connectivity index (χ1) is 13.5. The molecule has 8 heteroatoms. The van der Waals surface area contributed by atoms with Gasteiger partial charge >= 0.3 is 0 Å². The molecule has 0 radical (unpaired) electrons. The van der Waals surface area contributed by atoms with Gasteiger partial charge in [-0.2, -0.15) is 5.10 Å². The lowest BCUT2D eigenvalue weighted by Crippen LogP contribution is -2.16. The lowest BCUT2D eigenvalue weighted by Gasteiger charge is -2.11. The van der Waals surface area contributed by atoms with Crippen LogP contribution >= 0.6 is 22.9 Å². The maximum atomic E-state index is 12.5. The molecule has 0 unspecified atom stereocenters. The highest BCUT2D eigenvalue weighted by molar-refractivity contribution is 7.21. The Kier molecular flexibility index (Phi) is 6.06. The molecule has 0 saturated heterocycles. The van der Waals surface area contributed by atoms with E-state index in [1.54, 1.807) is 19.2 Å². The van der Waals surface area contributed by atoms with Crippen LogP contribution in [-0.2, 0) is 0 Å². The largest absolute Gasteiger partial charge is 0.496 e. The van der Waals surface area contributed by atoms with Gasteiger partial charge in [-0.1, -0.05) is 23.7 Å². The molecule has 0 bridgehead atoms. The Morgan fingerprint density at radius 1 is 1.07 bits per heavy atom. The third kappa shape index (κ3) is 3.90. The Balaban J connectivity index is 1.83. The molecular formula is C20H19ClN2O4S. The number of nitrogens with zero attached hydrogens (tertiary/aromatic N) is 1. The number of benzene rings is 2. The maximum Gasteiger partial charge on any atom is 0.283 e. The van der Waals surface area contributed by atoms with Crippen LogP contribution in [-0.4, -0.2) is 33.5 Å². The number of amides is 1. The summed E-state index contributed by atoms with van der Waals surface area (Å²) in [5.74, 6) is 1.22. The normalized spacial score (nSPS) is 11.0. The third-order valence-electron chi connectivity index (χ3n) is 4.10. The molecule has 0 aliphatic rings. The number of carbonyl (C=O) groups is 1. The fourth-order valence-electron chi connectivity index (χ4n) is 2.68. The third-order valence-corrected chi connectivity index (χ3v) is 5.75. The van der Waals surface area contributed by atoms with E-state index in [1.165, 1.54) is 31.8 Å². The number of methoxy groups -OCH3 is 3. The van der Waals surface area contributed by atoms with Gasteiger partial charge in [-0.25, -0.2) is 5.43 Å². The number of halogens is 1. The molecule has 0 aliphatic heterocycles. The van der Waals surface area contributed by atoms with Crippen molar-refractivity contribution in [1.82, 2.24) is 5.43 Å². The number of thiophene rings is 1. The van der Waals surface area contributed by atoms with Gasteiger partial charge in [-0.3, -0.25) is 4.79 Å². The highest BCUT2D eigenvalue weighted by atomic mass is 35.5. The van der Waals surface area contributed by atoms with E-state index in [1.807, 2.05) is 25.1 Å². The number of hydrogen-bond acceptors (Lipinski definition) is 6. The molecule has 3 rings (SSSR count). The second-order valence-electron chi connectivity index (χ2n) is 5.89. The van der Waals surface area contributed by atoms with Gasteiger partial charge in [0, 0.05) is 21.7 Å². The highest BCUT2D eigenvalue weighted by Crippen LogP contribution is 2.36. The molecule has 6 nitrogen and oxygen atoms in total. The summed E-state index contributed by atoms with van der Waals surface area (Å²) < 4.78 is 16.8. The number of fused-ring (bicyclic) bond motifs is 1. The average molecular weight is 419 g/mol. The highest BCUT2D eigenvalue weighted by Gasteiger charge is 2.17. The molecule has 0 aliphatic carbocycles. The molecule has 2 aromatic carbocycles. The molecule has 146 valence electrons. The number of hydrazone groups is 1. The van der Waals surface area contributed by atoms with E-state index in [0.29, 0.717) is 32.7 Å². The lowest BCUT2D eigenvalue weighted by atomic mass is 10.2. The van der Waals surface area contributed by atoms with Crippen molar-refractivity contribution < 1.29 is 19.0 Å². The van der Waals surface area contributed by atoms with Gasteiger partial charge in [0.05, 0.1) is 32.6 Å². The molecule has 1 heterocycles. The van der Waals surface area contributed by atoms with Gasteiger partial charge < -0.3 is 14.2 Å². The summed E-state index contributed by atoms with van der Waals surface area (Å²) in [5.41, 5.74) is 4.24. The maximum absolute atomic E-state index is 12.5. The number of carbonyl (C=O) groups excluding carboxylic acids is 1. The van der Waals surface area contributed by atoms with E-state index in [-0.39, 0.29) is 5.91 Å². The van der Waals surface area contributed by atoms with Gasteiger partial charge in [0.2, 0.25) is 0 Å². The van der Waals surface area contributed by atoms with Crippen LogP contribution < -0.4 is 19.6 Å². The van der Waals surface area contributed by atoms with E-state index in [2.05, 4.69) is 10.5 Å². The first-order valence-corrected chi connectivity index (χ1v) is 9.50. The van der Waals surface area contributed by atoms with Crippen LogP contribution in [0.5, 0.6) is 17.2 Å². The number of ether oxygens (including phenoxy) is 3. The van der Waals surface area contributed by atoms with Crippen molar-refractivity contribution in [3.8, 4) is 17.2 Å².